The average Bonchev–Trinajstić information content (AvgIpc) is 2.77. The van der Waals surface area contributed by atoms with Crippen molar-refractivity contribution in [1.82, 2.24) is 9.97 Å². The van der Waals surface area contributed by atoms with Gasteiger partial charge in [-0.2, -0.15) is 0 Å². The molecule has 0 aliphatic rings. The zero-order chi connectivity index (χ0) is 12.5. The first-order valence-electron chi connectivity index (χ1n) is 5.43. The number of aromatic nitrogens is 2. The second-order valence-electron chi connectivity index (χ2n) is 3.82. The highest BCUT2D eigenvalue weighted by atomic mass is 32.1. The molecule has 0 aliphatic heterocycles. The molecule has 1 aromatic carbocycles. The summed E-state index contributed by atoms with van der Waals surface area (Å²) < 4.78 is 6.21. The molecule has 4 nitrogen and oxygen atoms in total. The van der Waals surface area contributed by atoms with Crippen LogP contribution in [0, 0.1) is 0 Å². The molecule has 0 atom stereocenters. The summed E-state index contributed by atoms with van der Waals surface area (Å²) >= 11 is 1.49. The SMILES string of the molecule is COc1cc(-c2ccc3nc(N)sc3c2)ccn1. The predicted molar refractivity (Wildman–Crippen MR) is 73.8 cm³/mol. The van der Waals surface area contributed by atoms with Gasteiger partial charge in [-0.25, -0.2) is 9.97 Å². The highest BCUT2D eigenvalue weighted by molar-refractivity contribution is 7.22. The fourth-order valence-electron chi connectivity index (χ4n) is 1.82. The quantitative estimate of drug-likeness (QED) is 0.766. The van der Waals surface area contributed by atoms with Crippen LogP contribution in [-0.2, 0) is 0 Å². The maximum Gasteiger partial charge on any atom is 0.213 e. The van der Waals surface area contributed by atoms with Gasteiger partial charge >= 0.3 is 0 Å². The molecule has 0 bridgehead atoms. The number of hydrogen-bond acceptors (Lipinski definition) is 5. The van der Waals surface area contributed by atoms with Crippen molar-refractivity contribution < 1.29 is 4.74 Å². The highest BCUT2D eigenvalue weighted by Crippen LogP contribution is 2.29. The van der Waals surface area contributed by atoms with Crippen molar-refractivity contribution in [2.75, 3.05) is 12.8 Å². The number of nitrogens with zero attached hydrogens (tertiary/aromatic N) is 2. The van der Waals surface area contributed by atoms with Gasteiger partial charge in [0.15, 0.2) is 5.13 Å². The molecule has 3 aromatic rings. The summed E-state index contributed by atoms with van der Waals surface area (Å²) in [5.41, 5.74) is 8.80. The first kappa shape index (κ1) is 11.0. The third-order valence-corrected chi connectivity index (χ3v) is 3.53. The Kier molecular flexibility index (Phi) is 2.60. The van der Waals surface area contributed by atoms with Crippen LogP contribution in [0.25, 0.3) is 21.3 Å². The minimum absolute atomic E-state index is 0.592. The minimum Gasteiger partial charge on any atom is -0.481 e. The van der Waals surface area contributed by atoms with Crippen LogP contribution in [-0.4, -0.2) is 17.1 Å². The number of nitrogen functional groups attached to an aromatic ring is 1. The molecule has 0 radical (unpaired) electrons. The maximum absolute atomic E-state index is 5.70. The van der Waals surface area contributed by atoms with Crippen molar-refractivity contribution in [3.05, 3.63) is 36.5 Å². The number of thiazole rings is 1. The molecule has 0 unspecified atom stereocenters. The Morgan fingerprint density at radius 3 is 2.83 bits per heavy atom. The van der Waals surface area contributed by atoms with Crippen molar-refractivity contribution in [3.8, 4) is 17.0 Å². The van der Waals surface area contributed by atoms with Crippen molar-refractivity contribution in [2.24, 2.45) is 0 Å². The Balaban J connectivity index is 2.12. The molecule has 5 heteroatoms. The monoisotopic (exact) mass is 257 g/mol. The Hall–Kier alpha value is -2.14. The van der Waals surface area contributed by atoms with Crippen LogP contribution in [0.4, 0.5) is 5.13 Å². The first-order valence-corrected chi connectivity index (χ1v) is 6.24. The second kappa shape index (κ2) is 4.27. The summed E-state index contributed by atoms with van der Waals surface area (Å²) in [7, 11) is 1.61. The molecule has 90 valence electrons. The largest absolute Gasteiger partial charge is 0.481 e. The number of benzene rings is 1. The van der Waals surface area contributed by atoms with E-state index in [0.717, 1.165) is 21.3 Å². The number of hydrogen-bond donors (Lipinski definition) is 1. The van der Waals surface area contributed by atoms with Crippen LogP contribution in [0.15, 0.2) is 36.5 Å². The van der Waals surface area contributed by atoms with E-state index in [1.807, 2.05) is 24.3 Å². The Morgan fingerprint density at radius 2 is 2.00 bits per heavy atom. The molecule has 0 fully saturated rings. The Morgan fingerprint density at radius 1 is 1.17 bits per heavy atom. The lowest BCUT2D eigenvalue weighted by Gasteiger charge is -2.03. The van der Waals surface area contributed by atoms with Crippen molar-refractivity contribution in [3.63, 3.8) is 0 Å². The summed E-state index contributed by atoms with van der Waals surface area (Å²) in [4.78, 5) is 8.34. The van der Waals surface area contributed by atoms with Gasteiger partial charge < -0.3 is 10.5 Å². The van der Waals surface area contributed by atoms with Gasteiger partial charge in [0.2, 0.25) is 5.88 Å². The summed E-state index contributed by atoms with van der Waals surface area (Å²) in [5.74, 6) is 0.608. The van der Waals surface area contributed by atoms with Gasteiger partial charge in [0.1, 0.15) is 0 Å². The summed E-state index contributed by atoms with van der Waals surface area (Å²) in [6.45, 7) is 0. The van der Waals surface area contributed by atoms with E-state index in [1.165, 1.54) is 11.3 Å². The van der Waals surface area contributed by atoms with Gasteiger partial charge in [0, 0.05) is 12.3 Å². The van der Waals surface area contributed by atoms with E-state index < -0.39 is 0 Å². The van der Waals surface area contributed by atoms with Crippen LogP contribution in [0.2, 0.25) is 0 Å². The molecule has 0 saturated carbocycles. The third kappa shape index (κ3) is 1.89. The Bertz CT molecular complexity index is 708. The van der Waals surface area contributed by atoms with E-state index in [2.05, 4.69) is 16.0 Å². The van der Waals surface area contributed by atoms with Gasteiger partial charge in [-0.05, 0) is 29.3 Å². The number of pyridine rings is 1. The van der Waals surface area contributed by atoms with E-state index in [0.29, 0.717) is 11.0 Å². The zero-order valence-corrected chi connectivity index (χ0v) is 10.6. The van der Waals surface area contributed by atoms with Crippen molar-refractivity contribution >= 4 is 26.7 Å². The van der Waals surface area contributed by atoms with Crippen LogP contribution in [0.5, 0.6) is 5.88 Å². The molecule has 0 aliphatic carbocycles. The predicted octanol–water partition coefficient (Wildman–Crippen LogP) is 2.95. The molecule has 2 aromatic heterocycles. The summed E-state index contributed by atoms with van der Waals surface area (Å²) in [5, 5.41) is 0.592. The first-order chi connectivity index (χ1) is 8.76. The van der Waals surface area contributed by atoms with Gasteiger partial charge in [-0.1, -0.05) is 17.4 Å². The number of methoxy groups -OCH3 is 1. The second-order valence-corrected chi connectivity index (χ2v) is 4.88. The standard InChI is InChI=1S/C13H11N3OS/c1-17-12-7-9(4-5-15-12)8-2-3-10-11(6-8)18-13(14)16-10/h2-7H,1H3,(H2,14,16). The molecule has 2 N–H and O–H groups in total. The minimum atomic E-state index is 0.592. The van der Waals surface area contributed by atoms with Crippen molar-refractivity contribution in [1.29, 1.82) is 0 Å². The smallest absolute Gasteiger partial charge is 0.213 e. The van der Waals surface area contributed by atoms with E-state index in [-0.39, 0.29) is 0 Å². The maximum atomic E-state index is 5.70. The van der Waals surface area contributed by atoms with E-state index in [1.54, 1.807) is 13.3 Å². The van der Waals surface area contributed by atoms with Crippen LogP contribution in [0.1, 0.15) is 0 Å². The Labute approximate surface area is 108 Å². The molecule has 18 heavy (non-hydrogen) atoms. The fraction of sp³-hybridized carbons (Fsp3) is 0.0769. The number of anilines is 1. The molecule has 0 saturated heterocycles. The van der Waals surface area contributed by atoms with Gasteiger partial charge in [-0.3, -0.25) is 0 Å². The van der Waals surface area contributed by atoms with Gasteiger partial charge in [-0.15, -0.1) is 0 Å². The summed E-state index contributed by atoms with van der Waals surface area (Å²) in [6.07, 6.45) is 1.74. The van der Waals surface area contributed by atoms with Crippen LogP contribution < -0.4 is 10.5 Å². The van der Waals surface area contributed by atoms with Gasteiger partial charge in [0.25, 0.3) is 0 Å². The van der Waals surface area contributed by atoms with Crippen molar-refractivity contribution in [2.45, 2.75) is 0 Å². The normalized spacial score (nSPS) is 10.7. The number of fused-ring (bicyclic) bond motifs is 1. The fourth-order valence-corrected chi connectivity index (χ4v) is 2.60. The highest BCUT2D eigenvalue weighted by Gasteiger charge is 2.05. The molecule has 2 heterocycles. The lowest BCUT2D eigenvalue weighted by Crippen LogP contribution is -1.87. The average molecular weight is 257 g/mol. The zero-order valence-electron chi connectivity index (χ0n) is 9.75. The number of ether oxygens (including phenoxy) is 1. The third-order valence-electron chi connectivity index (χ3n) is 2.68. The number of nitrogens with two attached hydrogens (primary N) is 1. The van der Waals surface area contributed by atoms with E-state index in [9.17, 15) is 0 Å². The lowest BCUT2D eigenvalue weighted by atomic mass is 10.1. The van der Waals surface area contributed by atoms with E-state index in [4.69, 9.17) is 10.5 Å². The lowest BCUT2D eigenvalue weighted by molar-refractivity contribution is 0.398. The molecular formula is C13H11N3OS. The molecule has 3 rings (SSSR count). The summed E-state index contributed by atoms with van der Waals surface area (Å²) in [6, 6.07) is 9.94. The molecular weight excluding hydrogens is 246 g/mol. The van der Waals surface area contributed by atoms with Gasteiger partial charge in [0.05, 0.1) is 17.3 Å². The topological polar surface area (TPSA) is 61.0 Å². The number of rotatable bonds is 2. The van der Waals surface area contributed by atoms with Crippen LogP contribution >= 0.6 is 11.3 Å². The molecule has 0 amide bonds. The van der Waals surface area contributed by atoms with Crippen LogP contribution in [0.3, 0.4) is 0 Å². The van der Waals surface area contributed by atoms with E-state index >= 15 is 0 Å². The molecule has 0 spiro atoms.